The zero-order valence-electron chi connectivity index (χ0n) is 13.0. The van der Waals surface area contributed by atoms with Gasteiger partial charge in [-0.15, -0.1) is 0 Å². The highest BCUT2D eigenvalue weighted by Crippen LogP contribution is 2.60. The van der Waals surface area contributed by atoms with Crippen molar-refractivity contribution in [3.05, 3.63) is 29.3 Å². The molecule has 0 N–H and O–H groups in total. The maximum absolute atomic E-state index is 12.0. The summed E-state index contributed by atoms with van der Waals surface area (Å²) in [5.41, 5.74) is 3.30. The van der Waals surface area contributed by atoms with Crippen molar-refractivity contribution in [2.75, 3.05) is 7.11 Å². The van der Waals surface area contributed by atoms with Crippen LogP contribution in [0.4, 0.5) is 0 Å². The molecule has 4 atom stereocenters. The Morgan fingerprint density at radius 1 is 1.29 bits per heavy atom. The molecule has 3 aliphatic carbocycles. The summed E-state index contributed by atoms with van der Waals surface area (Å²) in [6.07, 6.45) is 6.53. The Hall–Kier alpha value is -1.31. The van der Waals surface area contributed by atoms with Gasteiger partial charge in [-0.25, -0.2) is 0 Å². The fourth-order valence-electron chi connectivity index (χ4n) is 5.47. The number of fused-ring (bicyclic) bond motifs is 5. The van der Waals surface area contributed by atoms with Crippen molar-refractivity contribution >= 4 is 5.78 Å². The molecule has 0 saturated heterocycles. The van der Waals surface area contributed by atoms with Gasteiger partial charge in [-0.1, -0.05) is 13.0 Å². The summed E-state index contributed by atoms with van der Waals surface area (Å²) in [4.78, 5) is 12.0. The number of hydrogen-bond donors (Lipinski definition) is 0. The first-order valence-corrected chi connectivity index (χ1v) is 8.29. The van der Waals surface area contributed by atoms with Crippen LogP contribution in [-0.2, 0) is 11.2 Å². The summed E-state index contributed by atoms with van der Waals surface area (Å²) < 4.78 is 5.37. The molecule has 2 fully saturated rings. The van der Waals surface area contributed by atoms with Gasteiger partial charge in [0.2, 0.25) is 0 Å². The molecule has 0 unspecified atom stereocenters. The molecule has 0 bridgehead atoms. The number of Topliss-reactive ketones (excluding diaryl/α,β-unsaturated/α-hetero) is 1. The quantitative estimate of drug-likeness (QED) is 0.775. The summed E-state index contributed by atoms with van der Waals surface area (Å²) in [6.45, 7) is 2.36. The predicted octanol–water partition coefficient (Wildman–Crippen LogP) is 4.12. The molecule has 2 nitrogen and oxygen atoms in total. The minimum absolute atomic E-state index is 0.294. The standard InChI is InChI=1S/C19H24O2/c1-19-8-7-16-15-6-4-14(21-2)9-12(15)3-5-17(16)18(19)10-13(20)11-19/h4,6,9,16-18H,3,5,7-8,10-11H2,1-2H3/t16-,17-,18+,19-/m0/s1. The van der Waals surface area contributed by atoms with Crippen LogP contribution in [0.5, 0.6) is 5.75 Å². The highest BCUT2D eigenvalue weighted by molar-refractivity contribution is 5.82. The number of ketones is 1. The molecular formula is C19H24O2. The average Bonchev–Trinajstić information content (AvgIpc) is 2.80. The van der Waals surface area contributed by atoms with Crippen molar-refractivity contribution in [3.63, 3.8) is 0 Å². The van der Waals surface area contributed by atoms with Crippen LogP contribution in [0.25, 0.3) is 0 Å². The van der Waals surface area contributed by atoms with Crippen molar-refractivity contribution in [1.82, 2.24) is 0 Å². The molecule has 2 heteroatoms. The summed E-state index contributed by atoms with van der Waals surface area (Å²) in [5, 5.41) is 0. The van der Waals surface area contributed by atoms with Crippen LogP contribution >= 0.6 is 0 Å². The second-order valence-corrected chi connectivity index (χ2v) is 7.59. The molecule has 2 saturated carbocycles. The summed E-state index contributed by atoms with van der Waals surface area (Å²) in [5.74, 6) is 3.49. The molecule has 0 aliphatic heterocycles. The molecule has 1 aromatic rings. The first kappa shape index (κ1) is 13.4. The number of benzene rings is 1. The predicted molar refractivity (Wildman–Crippen MR) is 82.6 cm³/mol. The number of methoxy groups -OCH3 is 1. The van der Waals surface area contributed by atoms with E-state index in [1.165, 1.54) is 30.4 Å². The van der Waals surface area contributed by atoms with Crippen LogP contribution in [-0.4, -0.2) is 12.9 Å². The van der Waals surface area contributed by atoms with E-state index in [1.807, 2.05) is 0 Å². The summed E-state index contributed by atoms with van der Waals surface area (Å²) >= 11 is 0. The monoisotopic (exact) mass is 284 g/mol. The Balaban J connectivity index is 1.69. The van der Waals surface area contributed by atoms with Gasteiger partial charge in [-0.05, 0) is 72.1 Å². The van der Waals surface area contributed by atoms with Crippen molar-refractivity contribution in [2.24, 2.45) is 17.3 Å². The SMILES string of the molecule is COc1ccc2c(c1)CC[C@@H]1[C@H]3CC(=O)C[C@]3(C)CC[C@@H]21. The van der Waals surface area contributed by atoms with Gasteiger partial charge in [0.25, 0.3) is 0 Å². The average molecular weight is 284 g/mol. The van der Waals surface area contributed by atoms with Crippen LogP contribution < -0.4 is 4.74 Å². The van der Waals surface area contributed by atoms with Crippen molar-refractivity contribution in [2.45, 2.75) is 51.4 Å². The van der Waals surface area contributed by atoms with E-state index in [-0.39, 0.29) is 0 Å². The Labute approximate surface area is 126 Å². The van der Waals surface area contributed by atoms with Crippen LogP contribution in [0.1, 0.15) is 56.1 Å². The van der Waals surface area contributed by atoms with Crippen molar-refractivity contribution in [1.29, 1.82) is 0 Å². The van der Waals surface area contributed by atoms with Crippen LogP contribution in [0, 0.1) is 17.3 Å². The molecule has 1 aromatic carbocycles. The van der Waals surface area contributed by atoms with Crippen molar-refractivity contribution in [3.8, 4) is 5.75 Å². The topological polar surface area (TPSA) is 26.3 Å². The van der Waals surface area contributed by atoms with E-state index in [2.05, 4.69) is 25.1 Å². The third-order valence-electron chi connectivity index (χ3n) is 6.50. The lowest BCUT2D eigenvalue weighted by molar-refractivity contribution is -0.118. The number of carbonyl (C=O) groups excluding carboxylic acids is 1. The van der Waals surface area contributed by atoms with E-state index in [4.69, 9.17) is 4.74 Å². The van der Waals surface area contributed by atoms with Crippen LogP contribution in [0.15, 0.2) is 18.2 Å². The highest BCUT2D eigenvalue weighted by atomic mass is 16.5. The van der Waals surface area contributed by atoms with Gasteiger partial charge in [0.05, 0.1) is 7.11 Å². The zero-order chi connectivity index (χ0) is 14.6. The minimum atomic E-state index is 0.294. The minimum Gasteiger partial charge on any atom is -0.497 e. The van der Waals surface area contributed by atoms with E-state index < -0.39 is 0 Å². The largest absolute Gasteiger partial charge is 0.497 e. The second kappa shape index (κ2) is 4.59. The van der Waals surface area contributed by atoms with E-state index in [0.29, 0.717) is 23.0 Å². The molecule has 0 amide bonds. The third-order valence-corrected chi connectivity index (χ3v) is 6.50. The zero-order valence-corrected chi connectivity index (χ0v) is 13.0. The molecule has 21 heavy (non-hydrogen) atoms. The highest BCUT2D eigenvalue weighted by Gasteiger charge is 2.52. The first-order chi connectivity index (χ1) is 10.1. The van der Waals surface area contributed by atoms with Crippen LogP contribution in [0.3, 0.4) is 0 Å². The maximum atomic E-state index is 12.0. The van der Waals surface area contributed by atoms with Crippen molar-refractivity contribution < 1.29 is 9.53 Å². The van der Waals surface area contributed by atoms with E-state index in [1.54, 1.807) is 7.11 Å². The normalized spacial score (nSPS) is 37.6. The molecule has 4 rings (SSSR count). The Kier molecular flexibility index (Phi) is 2.92. The third kappa shape index (κ3) is 1.95. The first-order valence-electron chi connectivity index (χ1n) is 8.29. The lowest BCUT2D eigenvalue weighted by Gasteiger charge is -2.48. The lowest BCUT2D eigenvalue weighted by atomic mass is 9.56. The van der Waals surface area contributed by atoms with Gasteiger partial charge in [0, 0.05) is 12.8 Å². The summed E-state index contributed by atoms with van der Waals surface area (Å²) in [6, 6.07) is 6.61. The summed E-state index contributed by atoms with van der Waals surface area (Å²) in [7, 11) is 1.74. The van der Waals surface area contributed by atoms with Gasteiger partial charge in [0.1, 0.15) is 11.5 Å². The molecule has 0 spiro atoms. The molecule has 0 heterocycles. The smallest absolute Gasteiger partial charge is 0.133 e. The van der Waals surface area contributed by atoms with E-state index in [0.717, 1.165) is 30.9 Å². The number of rotatable bonds is 1. The van der Waals surface area contributed by atoms with Gasteiger partial charge in [0.15, 0.2) is 0 Å². The van der Waals surface area contributed by atoms with Gasteiger partial charge in [-0.2, -0.15) is 0 Å². The molecular weight excluding hydrogens is 260 g/mol. The lowest BCUT2D eigenvalue weighted by Crippen LogP contribution is -2.39. The number of carbonyl (C=O) groups is 1. The number of hydrogen-bond acceptors (Lipinski definition) is 2. The second-order valence-electron chi connectivity index (χ2n) is 7.59. The van der Waals surface area contributed by atoms with Gasteiger partial charge >= 0.3 is 0 Å². The Morgan fingerprint density at radius 2 is 2.14 bits per heavy atom. The van der Waals surface area contributed by atoms with Gasteiger partial charge in [-0.3, -0.25) is 4.79 Å². The molecule has 112 valence electrons. The molecule has 3 aliphatic rings. The van der Waals surface area contributed by atoms with E-state index >= 15 is 0 Å². The fourth-order valence-corrected chi connectivity index (χ4v) is 5.47. The fraction of sp³-hybridized carbons (Fsp3) is 0.632. The van der Waals surface area contributed by atoms with Crippen LogP contribution in [0.2, 0.25) is 0 Å². The molecule has 0 aromatic heterocycles. The van der Waals surface area contributed by atoms with E-state index in [9.17, 15) is 4.79 Å². The molecule has 0 radical (unpaired) electrons. The Morgan fingerprint density at radius 3 is 2.95 bits per heavy atom. The number of ether oxygens (including phenoxy) is 1. The maximum Gasteiger partial charge on any atom is 0.133 e. The Bertz CT molecular complexity index is 591. The van der Waals surface area contributed by atoms with Gasteiger partial charge < -0.3 is 4.74 Å². The number of aryl methyl sites for hydroxylation is 1.